The Hall–Kier alpha value is -3.79. The summed E-state index contributed by atoms with van der Waals surface area (Å²) in [4.78, 5) is 6.73. The minimum Gasteiger partial charge on any atom is -0.505 e. The first kappa shape index (κ1) is 26.8. The molecular weight excluding hydrogens is 478 g/mol. The van der Waals surface area contributed by atoms with Gasteiger partial charge < -0.3 is 15.3 Å². The highest BCUT2D eigenvalue weighted by molar-refractivity contribution is 6.07. The van der Waals surface area contributed by atoms with Crippen molar-refractivity contribution in [1.82, 2.24) is 5.32 Å². The lowest BCUT2D eigenvalue weighted by atomic mass is 9.84. The Bertz CT molecular complexity index is 1430. The highest BCUT2D eigenvalue weighted by Gasteiger charge is 2.26. The van der Waals surface area contributed by atoms with Crippen molar-refractivity contribution in [3.63, 3.8) is 0 Å². The standard InChI is InChI=1S/C35H41N3O/c1-23(2)28-18-29(24(3)4)20-30(19-28)31-17-26(33(39)32(21-31)38-15-14-36-22-38)11-10-25-8-7-9-27(16-25)34-35(5,6)12-13-37-34/h7-9,12-21,23-24,36,39H,10-11,22H2,1-6H3. The number of benzene rings is 3. The molecule has 2 N–H and O–H groups in total. The van der Waals surface area contributed by atoms with Gasteiger partial charge >= 0.3 is 0 Å². The summed E-state index contributed by atoms with van der Waals surface area (Å²) in [5, 5.41) is 14.7. The van der Waals surface area contributed by atoms with Crippen molar-refractivity contribution in [2.75, 3.05) is 11.6 Å². The van der Waals surface area contributed by atoms with Gasteiger partial charge in [0.05, 0.1) is 18.1 Å². The molecule has 0 atom stereocenters. The Kier molecular flexibility index (Phi) is 7.40. The molecule has 0 fully saturated rings. The van der Waals surface area contributed by atoms with Crippen LogP contribution in [0.25, 0.3) is 11.1 Å². The number of phenols is 1. The van der Waals surface area contributed by atoms with Crippen LogP contribution in [0.2, 0.25) is 0 Å². The first-order valence-electron chi connectivity index (χ1n) is 14.2. The molecule has 0 aromatic heterocycles. The van der Waals surface area contributed by atoms with Crippen LogP contribution in [0, 0.1) is 5.41 Å². The van der Waals surface area contributed by atoms with Gasteiger partial charge in [-0.25, -0.2) is 0 Å². The Balaban J connectivity index is 1.51. The second kappa shape index (κ2) is 10.8. The van der Waals surface area contributed by atoms with Crippen LogP contribution in [-0.4, -0.2) is 17.5 Å². The van der Waals surface area contributed by atoms with Gasteiger partial charge in [0.1, 0.15) is 5.75 Å². The van der Waals surface area contributed by atoms with E-state index in [1.165, 1.54) is 27.8 Å². The third-order valence-corrected chi connectivity index (χ3v) is 7.95. The Morgan fingerprint density at radius 2 is 1.62 bits per heavy atom. The normalized spacial score (nSPS) is 15.9. The molecule has 3 aromatic carbocycles. The third-order valence-electron chi connectivity index (χ3n) is 7.95. The van der Waals surface area contributed by atoms with Gasteiger partial charge in [-0.3, -0.25) is 4.99 Å². The van der Waals surface area contributed by atoms with E-state index < -0.39 is 0 Å². The van der Waals surface area contributed by atoms with Crippen LogP contribution in [0.4, 0.5) is 5.69 Å². The van der Waals surface area contributed by atoms with Gasteiger partial charge in [0.25, 0.3) is 0 Å². The van der Waals surface area contributed by atoms with Crippen LogP contribution in [0.1, 0.15) is 81.2 Å². The van der Waals surface area contributed by atoms with E-state index in [0.29, 0.717) is 24.3 Å². The average molecular weight is 520 g/mol. The van der Waals surface area contributed by atoms with E-state index in [2.05, 4.69) is 117 Å². The predicted octanol–water partition coefficient (Wildman–Crippen LogP) is 8.27. The summed E-state index contributed by atoms with van der Waals surface area (Å²) in [5.41, 5.74) is 10.3. The summed E-state index contributed by atoms with van der Waals surface area (Å²) in [6.07, 6.45) is 9.57. The minimum absolute atomic E-state index is 0.0588. The number of allylic oxidation sites excluding steroid dienone is 1. The molecule has 202 valence electrons. The van der Waals surface area contributed by atoms with Crippen molar-refractivity contribution < 1.29 is 5.11 Å². The topological polar surface area (TPSA) is 47.9 Å². The number of aryl methyl sites for hydroxylation is 2. The molecule has 2 heterocycles. The van der Waals surface area contributed by atoms with E-state index in [-0.39, 0.29) is 5.41 Å². The van der Waals surface area contributed by atoms with Gasteiger partial charge in [0.15, 0.2) is 0 Å². The van der Waals surface area contributed by atoms with E-state index >= 15 is 0 Å². The summed E-state index contributed by atoms with van der Waals surface area (Å²) in [7, 11) is 0. The van der Waals surface area contributed by atoms with Crippen molar-refractivity contribution in [3.8, 4) is 16.9 Å². The largest absolute Gasteiger partial charge is 0.505 e. The molecular formula is C35H41N3O. The summed E-state index contributed by atoms with van der Waals surface area (Å²) >= 11 is 0. The van der Waals surface area contributed by atoms with Gasteiger partial charge in [0, 0.05) is 24.0 Å². The first-order valence-corrected chi connectivity index (χ1v) is 14.2. The third kappa shape index (κ3) is 5.66. The molecule has 0 radical (unpaired) electrons. The zero-order chi connectivity index (χ0) is 27.7. The monoisotopic (exact) mass is 519 g/mol. The summed E-state index contributed by atoms with van der Waals surface area (Å²) in [6.45, 7) is 14.1. The van der Waals surface area contributed by atoms with Crippen molar-refractivity contribution in [2.45, 2.75) is 66.2 Å². The smallest absolute Gasteiger partial charge is 0.142 e. The van der Waals surface area contributed by atoms with Gasteiger partial charge in [-0.15, -0.1) is 0 Å². The molecule has 4 heteroatoms. The Morgan fingerprint density at radius 1 is 0.897 bits per heavy atom. The number of anilines is 1. The van der Waals surface area contributed by atoms with Crippen LogP contribution in [0.3, 0.4) is 0 Å². The number of rotatable bonds is 8. The zero-order valence-corrected chi connectivity index (χ0v) is 24.1. The van der Waals surface area contributed by atoms with Gasteiger partial charge in [-0.1, -0.05) is 84.0 Å². The lowest BCUT2D eigenvalue weighted by Crippen LogP contribution is -2.20. The fourth-order valence-corrected chi connectivity index (χ4v) is 5.42. The fraction of sp³-hybridized carbons (Fsp3) is 0.343. The van der Waals surface area contributed by atoms with Crippen LogP contribution >= 0.6 is 0 Å². The molecule has 2 aliphatic heterocycles. The molecule has 0 saturated carbocycles. The lowest BCUT2D eigenvalue weighted by molar-refractivity contribution is 0.468. The summed E-state index contributed by atoms with van der Waals surface area (Å²) in [5.74, 6) is 1.25. The number of nitrogens with zero attached hydrogens (tertiary/aromatic N) is 2. The highest BCUT2D eigenvalue weighted by Crippen LogP contribution is 2.39. The van der Waals surface area contributed by atoms with Crippen LogP contribution in [-0.2, 0) is 12.8 Å². The van der Waals surface area contributed by atoms with Crippen molar-refractivity contribution in [2.24, 2.45) is 10.4 Å². The second-order valence-corrected chi connectivity index (χ2v) is 12.1. The molecule has 5 rings (SSSR count). The SMILES string of the molecule is CC(C)c1cc(-c2cc(CCc3cccc(C4=NC=CC4(C)C)c3)c(O)c(N3C=CNC3)c2)cc(C(C)C)c1. The Labute approximate surface area is 233 Å². The van der Waals surface area contributed by atoms with Crippen molar-refractivity contribution >= 4 is 11.4 Å². The molecule has 0 bridgehead atoms. The van der Waals surface area contributed by atoms with Gasteiger partial charge in [-0.05, 0) is 81.8 Å². The quantitative estimate of drug-likeness (QED) is 0.315. The fourth-order valence-electron chi connectivity index (χ4n) is 5.42. The predicted molar refractivity (Wildman–Crippen MR) is 165 cm³/mol. The molecule has 39 heavy (non-hydrogen) atoms. The molecule has 0 aliphatic carbocycles. The maximum atomic E-state index is 11.4. The molecule has 3 aromatic rings. The van der Waals surface area contributed by atoms with E-state index in [0.717, 1.165) is 35.4 Å². The maximum Gasteiger partial charge on any atom is 0.142 e. The molecule has 0 unspecified atom stereocenters. The number of hydrogen-bond donors (Lipinski definition) is 2. The highest BCUT2D eigenvalue weighted by atomic mass is 16.3. The Morgan fingerprint density at radius 3 is 2.23 bits per heavy atom. The van der Waals surface area contributed by atoms with Gasteiger partial charge in [0.2, 0.25) is 0 Å². The van der Waals surface area contributed by atoms with Crippen molar-refractivity contribution in [3.05, 3.63) is 107 Å². The number of phenolic OH excluding ortho intramolecular Hbond substituents is 1. The van der Waals surface area contributed by atoms with Crippen LogP contribution in [0.5, 0.6) is 5.75 Å². The maximum absolute atomic E-state index is 11.4. The van der Waals surface area contributed by atoms with Gasteiger partial charge in [-0.2, -0.15) is 0 Å². The molecule has 0 amide bonds. The number of nitrogens with one attached hydrogen (secondary N) is 1. The number of aliphatic imine (C=N–C) groups is 1. The zero-order valence-electron chi connectivity index (χ0n) is 24.1. The van der Waals surface area contributed by atoms with E-state index in [1.807, 2.05) is 18.6 Å². The molecule has 0 spiro atoms. The molecule has 2 aliphatic rings. The summed E-state index contributed by atoms with van der Waals surface area (Å²) in [6, 6.07) is 20.0. The first-order chi connectivity index (χ1) is 18.6. The van der Waals surface area contributed by atoms with E-state index in [1.54, 1.807) is 0 Å². The van der Waals surface area contributed by atoms with Crippen LogP contribution in [0.15, 0.2) is 84.3 Å². The minimum atomic E-state index is -0.0588. The summed E-state index contributed by atoms with van der Waals surface area (Å²) < 4.78 is 0. The van der Waals surface area contributed by atoms with Crippen molar-refractivity contribution in [1.29, 1.82) is 0 Å². The van der Waals surface area contributed by atoms with Crippen LogP contribution < -0.4 is 10.2 Å². The number of hydrogen-bond acceptors (Lipinski definition) is 4. The van der Waals surface area contributed by atoms with E-state index in [4.69, 9.17) is 0 Å². The molecule has 4 nitrogen and oxygen atoms in total. The van der Waals surface area contributed by atoms with E-state index in [9.17, 15) is 5.11 Å². The second-order valence-electron chi connectivity index (χ2n) is 12.1. The average Bonchev–Trinajstić information content (AvgIpc) is 3.57. The lowest BCUT2D eigenvalue weighted by Gasteiger charge is -2.22. The molecule has 0 saturated heterocycles. The number of aromatic hydroxyl groups is 1.